The van der Waals surface area contributed by atoms with E-state index in [0.29, 0.717) is 0 Å². The van der Waals surface area contributed by atoms with Gasteiger partial charge in [0.25, 0.3) is 0 Å². The van der Waals surface area contributed by atoms with Gasteiger partial charge in [-0.05, 0) is 54.5 Å². The minimum Gasteiger partial charge on any atom is -0.327 e. The Kier molecular flexibility index (Phi) is 3.84. The molecule has 1 unspecified atom stereocenters. The van der Waals surface area contributed by atoms with Gasteiger partial charge in [-0.3, -0.25) is 0 Å². The van der Waals surface area contributed by atoms with Crippen molar-refractivity contribution in [3.63, 3.8) is 0 Å². The molecule has 0 amide bonds. The fraction of sp³-hybridized carbons (Fsp3) is 0.600. The maximum atomic E-state index is 6.05. The molecule has 2 heteroatoms. The Bertz CT molecular complexity index is 396. The van der Waals surface area contributed by atoms with Crippen LogP contribution >= 0.6 is 11.8 Å². The van der Waals surface area contributed by atoms with Crippen LogP contribution in [0.5, 0.6) is 0 Å². The van der Waals surface area contributed by atoms with Crippen molar-refractivity contribution in [3.05, 3.63) is 29.3 Å². The van der Waals surface area contributed by atoms with Crippen LogP contribution in [0.15, 0.2) is 23.1 Å². The topological polar surface area (TPSA) is 26.0 Å². The molecule has 2 N–H and O–H groups in total. The average molecular weight is 249 g/mol. The number of nitrogens with two attached hydrogens (primary N) is 1. The minimum absolute atomic E-state index is 0.177. The Morgan fingerprint density at radius 2 is 2.18 bits per heavy atom. The van der Waals surface area contributed by atoms with Crippen LogP contribution in [0.25, 0.3) is 0 Å². The molecule has 1 nitrogen and oxygen atoms in total. The number of thioether (sulfide) groups is 1. The lowest BCUT2D eigenvalue weighted by atomic mass is 9.80. The van der Waals surface area contributed by atoms with Gasteiger partial charge in [-0.1, -0.05) is 26.0 Å². The van der Waals surface area contributed by atoms with E-state index in [1.165, 1.54) is 29.1 Å². The van der Waals surface area contributed by atoms with Crippen LogP contribution in [-0.2, 0) is 12.8 Å². The summed E-state index contributed by atoms with van der Waals surface area (Å²) in [6.45, 7) is 6.62. The second-order valence-corrected chi connectivity index (χ2v) is 6.98. The van der Waals surface area contributed by atoms with E-state index in [2.05, 4.69) is 39.0 Å². The highest BCUT2D eigenvalue weighted by atomic mass is 32.2. The zero-order chi connectivity index (χ0) is 12.5. The molecule has 0 fully saturated rings. The lowest BCUT2D eigenvalue weighted by Crippen LogP contribution is -2.36. The maximum Gasteiger partial charge on any atom is 0.0104 e. The van der Waals surface area contributed by atoms with E-state index < -0.39 is 0 Å². The molecular weight excluding hydrogens is 226 g/mol. The lowest BCUT2D eigenvalue weighted by Gasteiger charge is -2.29. The predicted octanol–water partition coefficient (Wildman–Crippen LogP) is 3.64. The number of hydrogen-bond donors (Lipinski definition) is 1. The van der Waals surface area contributed by atoms with E-state index in [1.807, 2.05) is 11.8 Å². The molecule has 1 atom stereocenters. The number of hydrogen-bond acceptors (Lipinski definition) is 2. The Morgan fingerprint density at radius 3 is 2.88 bits per heavy atom. The predicted molar refractivity (Wildman–Crippen MR) is 76.6 cm³/mol. The first-order valence-corrected chi connectivity index (χ1v) is 7.48. The molecule has 2 rings (SSSR count). The molecule has 0 radical (unpaired) electrons. The van der Waals surface area contributed by atoms with E-state index in [0.717, 1.165) is 6.42 Å². The molecule has 0 saturated carbocycles. The Hall–Kier alpha value is -0.470. The van der Waals surface area contributed by atoms with Crippen LogP contribution in [0.4, 0.5) is 0 Å². The molecule has 1 aliphatic rings. The van der Waals surface area contributed by atoms with E-state index in [4.69, 9.17) is 5.73 Å². The number of benzene rings is 1. The van der Waals surface area contributed by atoms with Gasteiger partial charge in [-0.15, -0.1) is 11.8 Å². The van der Waals surface area contributed by atoms with Crippen molar-refractivity contribution in [3.8, 4) is 0 Å². The Balaban J connectivity index is 2.17. The number of aryl methyl sites for hydroxylation is 1. The van der Waals surface area contributed by atoms with Gasteiger partial charge >= 0.3 is 0 Å². The molecule has 1 aromatic rings. The summed E-state index contributed by atoms with van der Waals surface area (Å²) in [5.41, 5.74) is 9.21. The zero-order valence-corrected chi connectivity index (χ0v) is 11.9. The highest BCUT2D eigenvalue weighted by Gasteiger charge is 2.23. The molecule has 1 aromatic carbocycles. The summed E-state index contributed by atoms with van der Waals surface area (Å²) in [5, 5.41) is 0. The first-order valence-electron chi connectivity index (χ1n) is 6.49. The summed E-state index contributed by atoms with van der Waals surface area (Å²) in [6, 6.07) is 7.20. The molecule has 0 aliphatic carbocycles. The largest absolute Gasteiger partial charge is 0.327 e. The molecule has 0 aromatic heterocycles. The third-order valence-electron chi connectivity index (χ3n) is 3.87. The van der Waals surface area contributed by atoms with Gasteiger partial charge in [0.2, 0.25) is 0 Å². The van der Waals surface area contributed by atoms with Gasteiger partial charge < -0.3 is 5.73 Å². The van der Waals surface area contributed by atoms with Gasteiger partial charge in [-0.25, -0.2) is 0 Å². The molecule has 0 bridgehead atoms. The van der Waals surface area contributed by atoms with Crippen LogP contribution in [0.1, 0.15) is 38.3 Å². The molecule has 0 spiro atoms. The zero-order valence-electron chi connectivity index (χ0n) is 11.1. The quantitative estimate of drug-likeness (QED) is 0.885. The lowest BCUT2D eigenvalue weighted by molar-refractivity contribution is 0.299. The van der Waals surface area contributed by atoms with Gasteiger partial charge in [0.15, 0.2) is 0 Å². The second kappa shape index (κ2) is 5.03. The van der Waals surface area contributed by atoms with Crippen molar-refractivity contribution < 1.29 is 0 Å². The first kappa shape index (κ1) is 13.0. The fourth-order valence-corrected chi connectivity index (χ4v) is 3.23. The van der Waals surface area contributed by atoms with Gasteiger partial charge in [-0.2, -0.15) is 0 Å². The Labute approximate surface area is 109 Å². The van der Waals surface area contributed by atoms with Crippen LogP contribution in [0.3, 0.4) is 0 Å². The molecule has 17 heavy (non-hydrogen) atoms. The molecule has 1 aliphatic heterocycles. The normalized spacial score (nSPS) is 17.6. The van der Waals surface area contributed by atoms with Crippen LogP contribution in [0.2, 0.25) is 0 Å². The van der Waals surface area contributed by atoms with E-state index in [1.54, 1.807) is 5.56 Å². The van der Waals surface area contributed by atoms with Crippen molar-refractivity contribution >= 4 is 11.8 Å². The summed E-state index contributed by atoms with van der Waals surface area (Å²) in [4.78, 5) is 1.48. The minimum atomic E-state index is 0.177. The molecule has 94 valence electrons. The smallest absolute Gasteiger partial charge is 0.0104 e. The van der Waals surface area contributed by atoms with E-state index in [-0.39, 0.29) is 11.5 Å². The average Bonchev–Trinajstić information content (AvgIpc) is 2.28. The SMILES string of the molecule is CC(N)C(C)(C)Cc1ccc2c(c1)CCCS2. The second-order valence-electron chi connectivity index (χ2n) is 5.85. The fourth-order valence-electron chi connectivity index (χ4n) is 2.21. The highest BCUT2D eigenvalue weighted by molar-refractivity contribution is 7.99. The number of fused-ring (bicyclic) bond motifs is 1. The van der Waals surface area contributed by atoms with Crippen LogP contribution in [-0.4, -0.2) is 11.8 Å². The maximum absolute atomic E-state index is 6.05. The van der Waals surface area contributed by atoms with Crippen molar-refractivity contribution in [1.82, 2.24) is 0 Å². The number of rotatable bonds is 3. The summed E-state index contributed by atoms with van der Waals surface area (Å²) in [7, 11) is 0. The van der Waals surface area contributed by atoms with Gasteiger partial charge in [0.1, 0.15) is 0 Å². The van der Waals surface area contributed by atoms with Gasteiger partial charge in [0, 0.05) is 10.9 Å². The summed E-state index contributed by atoms with van der Waals surface area (Å²) in [5.74, 6) is 1.28. The van der Waals surface area contributed by atoms with Crippen molar-refractivity contribution in [1.29, 1.82) is 0 Å². The highest BCUT2D eigenvalue weighted by Crippen LogP contribution is 2.32. The van der Waals surface area contributed by atoms with E-state index in [9.17, 15) is 0 Å². The molecule has 1 heterocycles. The van der Waals surface area contributed by atoms with Crippen LogP contribution in [0, 0.1) is 5.41 Å². The van der Waals surface area contributed by atoms with Crippen molar-refractivity contribution in [2.75, 3.05) is 5.75 Å². The summed E-state index contributed by atoms with van der Waals surface area (Å²) < 4.78 is 0. The molecule has 0 saturated heterocycles. The van der Waals surface area contributed by atoms with Gasteiger partial charge in [0.05, 0.1) is 0 Å². The monoisotopic (exact) mass is 249 g/mol. The van der Waals surface area contributed by atoms with Crippen LogP contribution < -0.4 is 5.73 Å². The van der Waals surface area contributed by atoms with Crippen molar-refractivity contribution in [2.45, 2.75) is 51.0 Å². The standard InChI is InChI=1S/C15H23NS/c1-11(16)15(2,3)10-12-6-7-14-13(9-12)5-4-8-17-14/h6-7,9,11H,4-5,8,10,16H2,1-3H3. The summed E-state index contributed by atoms with van der Waals surface area (Å²) >= 11 is 2.00. The summed E-state index contributed by atoms with van der Waals surface area (Å²) in [6.07, 6.45) is 3.63. The molecular formula is C15H23NS. The van der Waals surface area contributed by atoms with Crippen molar-refractivity contribution in [2.24, 2.45) is 11.1 Å². The third-order valence-corrected chi connectivity index (χ3v) is 5.07. The Morgan fingerprint density at radius 1 is 1.41 bits per heavy atom. The van der Waals surface area contributed by atoms with E-state index >= 15 is 0 Å². The third kappa shape index (κ3) is 3.05. The first-order chi connectivity index (χ1) is 7.99.